The van der Waals surface area contributed by atoms with E-state index in [9.17, 15) is 9.59 Å². The molecule has 8 heteroatoms. The molecule has 31 heavy (non-hydrogen) atoms. The van der Waals surface area contributed by atoms with E-state index in [0.717, 1.165) is 28.1 Å². The van der Waals surface area contributed by atoms with Crippen molar-refractivity contribution in [2.45, 2.75) is 13.3 Å². The number of para-hydroxylation sites is 1. The Labute approximate surface area is 189 Å². The lowest BCUT2D eigenvalue weighted by atomic mass is 10.1. The van der Waals surface area contributed by atoms with Crippen molar-refractivity contribution in [3.63, 3.8) is 0 Å². The van der Waals surface area contributed by atoms with Gasteiger partial charge >= 0.3 is 5.97 Å². The molecule has 1 aliphatic heterocycles. The zero-order valence-corrected chi connectivity index (χ0v) is 18.3. The summed E-state index contributed by atoms with van der Waals surface area (Å²) in [6.45, 7) is 2.08. The summed E-state index contributed by atoms with van der Waals surface area (Å²) in [4.78, 5) is 25.5. The largest absolute Gasteiger partial charge is 0.481 e. The number of amides is 1. The fourth-order valence-electron chi connectivity index (χ4n) is 3.18. The first kappa shape index (κ1) is 21.0. The molecule has 1 aliphatic rings. The molecule has 156 valence electrons. The Hall–Kier alpha value is -3.23. The minimum atomic E-state index is -0.969. The molecule has 6 nitrogen and oxygen atoms in total. The first-order valence-electron chi connectivity index (χ1n) is 9.61. The minimum absolute atomic E-state index is 0.0609. The van der Waals surface area contributed by atoms with Gasteiger partial charge in [-0.1, -0.05) is 72.0 Å². The molecule has 1 aromatic heterocycles. The van der Waals surface area contributed by atoms with Crippen LogP contribution in [0.25, 0.3) is 23.0 Å². The van der Waals surface area contributed by atoms with Gasteiger partial charge in [0.15, 0.2) is 0 Å². The number of carboxylic acid groups (broad SMARTS) is 1. The number of nitrogens with zero attached hydrogens (tertiary/aromatic N) is 3. The van der Waals surface area contributed by atoms with Crippen LogP contribution in [-0.2, 0) is 9.59 Å². The highest BCUT2D eigenvalue weighted by Crippen LogP contribution is 2.35. The molecule has 4 rings (SSSR count). The number of carbonyl (C=O) groups is 2. The Morgan fingerprint density at radius 1 is 1.16 bits per heavy atom. The summed E-state index contributed by atoms with van der Waals surface area (Å²) in [5.74, 6) is -1.25. The van der Waals surface area contributed by atoms with Crippen LogP contribution in [0.15, 0.2) is 65.7 Å². The number of aromatic nitrogens is 2. The SMILES string of the molecule is Cc1ccc(-c2nn(-c3ccccc3)cc2C=C2SC(=S)N(CCC(=O)O)C2=O)cc1. The van der Waals surface area contributed by atoms with Gasteiger partial charge in [0.1, 0.15) is 4.32 Å². The highest BCUT2D eigenvalue weighted by molar-refractivity contribution is 8.26. The second-order valence-electron chi connectivity index (χ2n) is 7.06. The van der Waals surface area contributed by atoms with Crippen molar-refractivity contribution in [3.05, 3.63) is 76.8 Å². The highest BCUT2D eigenvalue weighted by atomic mass is 32.2. The minimum Gasteiger partial charge on any atom is -0.481 e. The lowest BCUT2D eigenvalue weighted by Crippen LogP contribution is -2.30. The molecule has 1 fully saturated rings. The smallest absolute Gasteiger partial charge is 0.305 e. The van der Waals surface area contributed by atoms with Crippen molar-refractivity contribution in [2.75, 3.05) is 6.54 Å². The fraction of sp³-hybridized carbons (Fsp3) is 0.130. The molecule has 1 amide bonds. The van der Waals surface area contributed by atoms with Crippen LogP contribution in [-0.4, -0.2) is 42.5 Å². The van der Waals surface area contributed by atoms with Crippen molar-refractivity contribution < 1.29 is 14.7 Å². The lowest BCUT2D eigenvalue weighted by Gasteiger charge is -2.12. The van der Waals surface area contributed by atoms with Crippen molar-refractivity contribution in [1.82, 2.24) is 14.7 Å². The molecule has 0 radical (unpaired) electrons. The van der Waals surface area contributed by atoms with Gasteiger partial charge in [0, 0.05) is 23.9 Å². The summed E-state index contributed by atoms with van der Waals surface area (Å²) in [7, 11) is 0. The number of carbonyl (C=O) groups excluding carboxylic acids is 1. The van der Waals surface area contributed by atoms with Gasteiger partial charge < -0.3 is 5.11 Å². The van der Waals surface area contributed by atoms with Gasteiger partial charge in [-0.3, -0.25) is 14.5 Å². The zero-order valence-electron chi connectivity index (χ0n) is 16.7. The predicted molar refractivity (Wildman–Crippen MR) is 126 cm³/mol. The molecule has 0 unspecified atom stereocenters. The molecule has 1 saturated heterocycles. The molecule has 2 aromatic carbocycles. The maximum atomic E-state index is 12.8. The second kappa shape index (κ2) is 8.87. The third-order valence-electron chi connectivity index (χ3n) is 4.80. The van der Waals surface area contributed by atoms with E-state index in [-0.39, 0.29) is 18.9 Å². The van der Waals surface area contributed by atoms with Gasteiger partial charge in [-0.05, 0) is 25.1 Å². The summed E-state index contributed by atoms with van der Waals surface area (Å²) < 4.78 is 2.15. The first-order chi connectivity index (χ1) is 14.9. The molecule has 0 spiro atoms. The quantitative estimate of drug-likeness (QED) is 0.440. The normalized spacial score (nSPS) is 15.1. The Morgan fingerprint density at radius 3 is 2.55 bits per heavy atom. The molecule has 2 heterocycles. The maximum absolute atomic E-state index is 12.8. The van der Waals surface area contributed by atoms with Crippen LogP contribution in [0.3, 0.4) is 0 Å². The number of aliphatic carboxylic acids is 1. The summed E-state index contributed by atoms with van der Waals surface area (Å²) in [6, 6.07) is 17.8. The Kier molecular flexibility index (Phi) is 6.01. The number of hydrogen-bond acceptors (Lipinski definition) is 5. The van der Waals surface area contributed by atoms with Crippen LogP contribution >= 0.6 is 24.0 Å². The van der Waals surface area contributed by atoms with Crippen LogP contribution in [0.1, 0.15) is 17.5 Å². The lowest BCUT2D eigenvalue weighted by molar-refractivity contribution is -0.137. The third kappa shape index (κ3) is 4.60. The number of hydrogen-bond donors (Lipinski definition) is 1. The fourth-order valence-corrected chi connectivity index (χ4v) is 4.48. The van der Waals surface area contributed by atoms with Crippen LogP contribution in [0.2, 0.25) is 0 Å². The van der Waals surface area contributed by atoms with Crippen molar-refractivity contribution >= 4 is 46.3 Å². The van der Waals surface area contributed by atoms with Crippen molar-refractivity contribution in [1.29, 1.82) is 0 Å². The van der Waals surface area contributed by atoms with E-state index < -0.39 is 5.97 Å². The van der Waals surface area contributed by atoms with Crippen LogP contribution in [0, 0.1) is 6.92 Å². The third-order valence-corrected chi connectivity index (χ3v) is 6.18. The number of carboxylic acids is 1. The monoisotopic (exact) mass is 449 g/mol. The van der Waals surface area contributed by atoms with Crippen LogP contribution in [0.4, 0.5) is 0 Å². The van der Waals surface area contributed by atoms with Crippen molar-refractivity contribution in [3.8, 4) is 16.9 Å². The molecule has 1 N–H and O–H groups in total. The standard InChI is InChI=1S/C23H19N3O3S2/c1-15-7-9-16(10-8-15)21-17(14-26(24-21)18-5-3-2-4-6-18)13-19-22(29)25(23(30)31-19)12-11-20(27)28/h2-10,13-14H,11-12H2,1H3,(H,27,28). The van der Waals surface area contributed by atoms with Crippen LogP contribution < -0.4 is 0 Å². The van der Waals surface area contributed by atoms with E-state index in [1.807, 2.05) is 67.7 Å². The van der Waals surface area contributed by atoms with E-state index in [2.05, 4.69) is 0 Å². The van der Waals surface area contributed by atoms with E-state index in [1.54, 1.807) is 10.8 Å². The Morgan fingerprint density at radius 2 is 1.87 bits per heavy atom. The summed E-state index contributed by atoms with van der Waals surface area (Å²) in [5.41, 5.74) is 4.52. The molecule has 0 bridgehead atoms. The molecular weight excluding hydrogens is 430 g/mol. The predicted octanol–water partition coefficient (Wildman–Crippen LogP) is 4.52. The van der Waals surface area contributed by atoms with E-state index in [4.69, 9.17) is 22.4 Å². The summed E-state index contributed by atoms with van der Waals surface area (Å²) >= 11 is 6.48. The first-order valence-corrected chi connectivity index (χ1v) is 10.8. The van der Waals surface area contributed by atoms with Gasteiger partial charge in [0.25, 0.3) is 5.91 Å². The summed E-state index contributed by atoms with van der Waals surface area (Å²) in [6.07, 6.45) is 3.51. The number of benzene rings is 2. The average molecular weight is 450 g/mol. The van der Waals surface area contributed by atoms with E-state index in [0.29, 0.717) is 9.23 Å². The molecule has 0 aliphatic carbocycles. The Bertz CT molecular complexity index is 1180. The van der Waals surface area contributed by atoms with Gasteiger partial charge in [0.2, 0.25) is 0 Å². The number of aryl methyl sites for hydroxylation is 1. The van der Waals surface area contributed by atoms with Gasteiger partial charge in [-0.2, -0.15) is 5.10 Å². The van der Waals surface area contributed by atoms with Crippen molar-refractivity contribution in [2.24, 2.45) is 0 Å². The number of thiocarbonyl (C=S) groups is 1. The van der Waals surface area contributed by atoms with Gasteiger partial charge in [-0.15, -0.1) is 0 Å². The zero-order chi connectivity index (χ0) is 22.0. The second-order valence-corrected chi connectivity index (χ2v) is 8.73. The van der Waals surface area contributed by atoms with E-state index >= 15 is 0 Å². The molecule has 0 saturated carbocycles. The molecular formula is C23H19N3O3S2. The van der Waals surface area contributed by atoms with Gasteiger partial charge in [0.05, 0.1) is 22.7 Å². The summed E-state index contributed by atoms with van der Waals surface area (Å²) in [5, 5.41) is 13.7. The average Bonchev–Trinajstić information content (AvgIpc) is 3.29. The van der Waals surface area contributed by atoms with E-state index in [1.165, 1.54) is 16.7 Å². The molecule has 0 atom stereocenters. The van der Waals surface area contributed by atoms with Gasteiger partial charge in [-0.25, -0.2) is 4.68 Å². The highest BCUT2D eigenvalue weighted by Gasteiger charge is 2.32. The maximum Gasteiger partial charge on any atom is 0.305 e. The topological polar surface area (TPSA) is 75.4 Å². The molecule has 3 aromatic rings. The number of thioether (sulfide) groups is 1. The van der Waals surface area contributed by atoms with Crippen LogP contribution in [0.5, 0.6) is 0 Å². The Balaban J connectivity index is 1.74. The number of rotatable bonds is 6.